The average Bonchev–Trinajstić information content (AvgIpc) is 2.93. The quantitative estimate of drug-likeness (QED) is 0.919. The molecule has 2 unspecified atom stereocenters. The zero-order valence-corrected chi connectivity index (χ0v) is 14.6. The van der Waals surface area contributed by atoms with Crippen LogP contribution >= 0.6 is 0 Å². The number of piperidine rings is 1. The number of carboxylic acids is 1. The van der Waals surface area contributed by atoms with Gasteiger partial charge in [-0.25, -0.2) is 9.97 Å². The molecule has 2 aliphatic heterocycles. The highest BCUT2D eigenvalue weighted by molar-refractivity contribution is 6.01. The molecule has 2 aliphatic rings. The Bertz CT molecular complexity index is 853. The molecular weight excluding hydrogens is 330 g/mol. The number of carbonyl (C=O) groups is 2. The Kier molecular flexibility index (Phi) is 4.18. The first kappa shape index (κ1) is 16.7. The number of carbonyl (C=O) groups excluding carboxylic acids is 1. The summed E-state index contributed by atoms with van der Waals surface area (Å²) in [6.45, 7) is 1.94. The van der Waals surface area contributed by atoms with Crippen LogP contribution in [-0.4, -0.2) is 43.9 Å². The topological polar surface area (TPSA) is 83.4 Å². The number of amides is 1. The molecular formula is C20H21N3O3. The third-order valence-corrected chi connectivity index (χ3v) is 5.59. The third-order valence-electron chi connectivity index (χ3n) is 5.59. The number of fused-ring (bicyclic) bond motifs is 2. The summed E-state index contributed by atoms with van der Waals surface area (Å²) in [6, 6.07) is 7.32. The Balaban J connectivity index is 1.75. The minimum absolute atomic E-state index is 0.102. The van der Waals surface area contributed by atoms with E-state index in [2.05, 4.69) is 9.97 Å². The van der Waals surface area contributed by atoms with Crippen LogP contribution in [0.25, 0.3) is 11.4 Å². The van der Waals surface area contributed by atoms with E-state index in [0.29, 0.717) is 23.4 Å². The second kappa shape index (κ2) is 6.52. The van der Waals surface area contributed by atoms with Gasteiger partial charge >= 0.3 is 5.97 Å². The molecule has 2 aromatic rings. The molecule has 1 aromatic heterocycles. The van der Waals surface area contributed by atoms with Crippen molar-refractivity contribution in [3.63, 3.8) is 0 Å². The summed E-state index contributed by atoms with van der Waals surface area (Å²) in [4.78, 5) is 35.5. The Morgan fingerprint density at radius 1 is 1.12 bits per heavy atom. The van der Waals surface area contributed by atoms with Gasteiger partial charge in [-0.2, -0.15) is 0 Å². The van der Waals surface area contributed by atoms with Crippen molar-refractivity contribution in [1.82, 2.24) is 14.9 Å². The van der Waals surface area contributed by atoms with Crippen molar-refractivity contribution in [3.8, 4) is 11.4 Å². The molecule has 0 spiro atoms. The number of aromatic nitrogens is 2. The van der Waals surface area contributed by atoms with Crippen molar-refractivity contribution in [2.45, 2.75) is 44.7 Å². The molecule has 1 aromatic carbocycles. The van der Waals surface area contributed by atoms with Crippen LogP contribution in [0.2, 0.25) is 0 Å². The zero-order valence-electron chi connectivity index (χ0n) is 14.6. The van der Waals surface area contributed by atoms with Gasteiger partial charge in [-0.15, -0.1) is 0 Å². The molecule has 6 heteroatoms. The van der Waals surface area contributed by atoms with Gasteiger partial charge in [-0.3, -0.25) is 9.59 Å². The molecule has 26 heavy (non-hydrogen) atoms. The highest BCUT2D eigenvalue weighted by atomic mass is 16.4. The van der Waals surface area contributed by atoms with Crippen LogP contribution in [0.4, 0.5) is 0 Å². The number of hydrogen-bond donors (Lipinski definition) is 1. The van der Waals surface area contributed by atoms with E-state index < -0.39 is 11.9 Å². The molecule has 6 nitrogen and oxygen atoms in total. The normalized spacial score (nSPS) is 24.5. The molecule has 0 radical (unpaired) electrons. The molecule has 0 aliphatic carbocycles. The summed E-state index contributed by atoms with van der Waals surface area (Å²) in [5, 5.41) is 9.55. The lowest BCUT2D eigenvalue weighted by Gasteiger charge is -2.38. The van der Waals surface area contributed by atoms with Crippen LogP contribution in [0.15, 0.2) is 36.7 Å². The fourth-order valence-electron chi connectivity index (χ4n) is 4.37. The SMILES string of the molecule is Cc1ccc(-c2ncccn2)c(C(=O)N2C3CCC(C(=O)O)[C@@H]2CC3)c1. The summed E-state index contributed by atoms with van der Waals surface area (Å²) in [5.74, 6) is -0.868. The number of carboxylic acid groups (broad SMARTS) is 1. The number of nitrogens with zero attached hydrogens (tertiary/aromatic N) is 3. The van der Waals surface area contributed by atoms with E-state index in [1.54, 1.807) is 18.5 Å². The first-order valence-electron chi connectivity index (χ1n) is 9.00. The Hall–Kier alpha value is -2.76. The first-order chi connectivity index (χ1) is 12.6. The van der Waals surface area contributed by atoms with E-state index in [1.165, 1.54) is 0 Å². The highest BCUT2D eigenvalue weighted by Gasteiger charge is 2.47. The minimum atomic E-state index is -0.802. The van der Waals surface area contributed by atoms with Crippen LogP contribution in [0.5, 0.6) is 0 Å². The molecule has 1 amide bonds. The number of hydrogen-bond acceptors (Lipinski definition) is 4. The van der Waals surface area contributed by atoms with Crippen LogP contribution in [0.1, 0.15) is 41.6 Å². The molecule has 0 saturated carbocycles. The van der Waals surface area contributed by atoms with Gasteiger partial charge < -0.3 is 10.0 Å². The summed E-state index contributed by atoms with van der Waals surface area (Å²) in [6.07, 6.45) is 6.35. The second-order valence-electron chi connectivity index (χ2n) is 7.15. The Morgan fingerprint density at radius 2 is 1.85 bits per heavy atom. The van der Waals surface area contributed by atoms with Gasteiger partial charge in [0, 0.05) is 30.0 Å². The maximum atomic E-state index is 13.5. The molecule has 1 N–H and O–H groups in total. The van der Waals surface area contributed by atoms with Gasteiger partial charge in [-0.1, -0.05) is 17.7 Å². The van der Waals surface area contributed by atoms with Crippen molar-refractivity contribution in [3.05, 3.63) is 47.8 Å². The van der Waals surface area contributed by atoms with Crippen molar-refractivity contribution < 1.29 is 14.7 Å². The molecule has 2 saturated heterocycles. The maximum Gasteiger partial charge on any atom is 0.308 e. The van der Waals surface area contributed by atoms with E-state index in [4.69, 9.17) is 0 Å². The summed E-state index contributed by atoms with van der Waals surface area (Å²) < 4.78 is 0. The van der Waals surface area contributed by atoms with Gasteiger partial charge in [0.1, 0.15) is 0 Å². The lowest BCUT2D eigenvalue weighted by molar-refractivity contribution is -0.145. The second-order valence-corrected chi connectivity index (χ2v) is 7.15. The molecule has 4 rings (SSSR count). The summed E-state index contributed by atoms with van der Waals surface area (Å²) in [5.41, 5.74) is 2.23. The number of benzene rings is 1. The van der Waals surface area contributed by atoms with Crippen molar-refractivity contribution in [2.75, 3.05) is 0 Å². The van der Waals surface area contributed by atoms with Crippen molar-refractivity contribution in [2.24, 2.45) is 5.92 Å². The monoisotopic (exact) mass is 351 g/mol. The van der Waals surface area contributed by atoms with Crippen LogP contribution in [0, 0.1) is 12.8 Å². The van der Waals surface area contributed by atoms with Gasteiger partial charge in [-0.05, 0) is 44.7 Å². The predicted molar refractivity (Wildman–Crippen MR) is 95.5 cm³/mol. The molecule has 2 fully saturated rings. The molecule has 2 bridgehead atoms. The number of aryl methyl sites for hydroxylation is 1. The largest absolute Gasteiger partial charge is 0.481 e. The number of rotatable bonds is 3. The fourth-order valence-corrected chi connectivity index (χ4v) is 4.37. The van der Waals surface area contributed by atoms with E-state index in [9.17, 15) is 14.7 Å². The van der Waals surface area contributed by atoms with Gasteiger partial charge in [0.25, 0.3) is 5.91 Å². The summed E-state index contributed by atoms with van der Waals surface area (Å²) in [7, 11) is 0. The molecule has 3 atom stereocenters. The Labute approximate surface area is 151 Å². The minimum Gasteiger partial charge on any atom is -0.481 e. The van der Waals surface area contributed by atoms with E-state index >= 15 is 0 Å². The lowest BCUT2D eigenvalue weighted by Crippen LogP contribution is -2.50. The van der Waals surface area contributed by atoms with Gasteiger partial charge in [0.15, 0.2) is 5.82 Å². The standard InChI is InChI=1S/C20H21N3O3/c1-12-3-6-14(18-21-9-2-10-22-18)16(11-12)19(24)23-13-4-7-15(20(25)26)17(23)8-5-13/h2-3,6,9-11,13,15,17H,4-5,7-8H2,1H3,(H,25,26)/t13?,15?,17-/m0/s1. The van der Waals surface area contributed by atoms with Crippen LogP contribution < -0.4 is 0 Å². The van der Waals surface area contributed by atoms with E-state index in [0.717, 1.165) is 24.8 Å². The molecule has 134 valence electrons. The Morgan fingerprint density at radius 3 is 2.58 bits per heavy atom. The van der Waals surface area contributed by atoms with Crippen molar-refractivity contribution in [1.29, 1.82) is 0 Å². The zero-order chi connectivity index (χ0) is 18.3. The lowest BCUT2D eigenvalue weighted by atomic mass is 9.89. The predicted octanol–water partition coefficient (Wildman–Crippen LogP) is 2.92. The van der Waals surface area contributed by atoms with Crippen LogP contribution in [0.3, 0.4) is 0 Å². The highest BCUT2D eigenvalue weighted by Crippen LogP contribution is 2.41. The van der Waals surface area contributed by atoms with Gasteiger partial charge in [0.2, 0.25) is 0 Å². The van der Waals surface area contributed by atoms with Crippen LogP contribution in [-0.2, 0) is 4.79 Å². The molecule has 3 heterocycles. The summed E-state index contributed by atoms with van der Waals surface area (Å²) >= 11 is 0. The van der Waals surface area contributed by atoms with Crippen molar-refractivity contribution >= 4 is 11.9 Å². The third kappa shape index (κ3) is 2.75. The number of aliphatic carboxylic acids is 1. The average molecular weight is 351 g/mol. The smallest absolute Gasteiger partial charge is 0.308 e. The van der Waals surface area contributed by atoms with Gasteiger partial charge in [0.05, 0.1) is 11.5 Å². The van der Waals surface area contributed by atoms with E-state index in [-0.39, 0.29) is 18.0 Å². The first-order valence-corrected chi connectivity index (χ1v) is 9.00. The fraction of sp³-hybridized carbons (Fsp3) is 0.400. The maximum absolute atomic E-state index is 13.5. The van der Waals surface area contributed by atoms with E-state index in [1.807, 2.05) is 30.0 Å².